The van der Waals surface area contributed by atoms with E-state index in [1.165, 1.54) is 9.64 Å². The largest absolute Gasteiger partial charge is 0.489 e. The summed E-state index contributed by atoms with van der Waals surface area (Å²) in [4.78, 5) is 0.112. The summed E-state index contributed by atoms with van der Waals surface area (Å²) in [7, 11) is 1.63. The first-order valence-electron chi connectivity index (χ1n) is 5.79. The van der Waals surface area contributed by atoms with Crippen LogP contribution in [-0.2, 0) is 15.7 Å². The van der Waals surface area contributed by atoms with E-state index in [0.29, 0.717) is 17.9 Å². The number of ether oxygens (including phenoxy) is 1. The molecule has 0 radical (unpaired) electrons. The number of hydrogen-bond acceptors (Lipinski definition) is 3. The molecule has 3 nitrogen and oxygen atoms in total. The van der Waals surface area contributed by atoms with Crippen LogP contribution in [0.3, 0.4) is 0 Å². The van der Waals surface area contributed by atoms with Crippen molar-refractivity contribution in [3.05, 3.63) is 57.2 Å². The minimum Gasteiger partial charge on any atom is -0.489 e. The molecule has 6 heteroatoms. The third kappa shape index (κ3) is 4.10. The topological polar surface area (TPSA) is 43.4 Å². The molecule has 0 atom stereocenters. The van der Waals surface area contributed by atoms with Crippen molar-refractivity contribution in [1.82, 2.24) is 0 Å². The summed E-state index contributed by atoms with van der Waals surface area (Å²) in [6.07, 6.45) is 0. The van der Waals surface area contributed by atoms with Crippen LogP contribution in [0, 0.1) is 10.5 Å². The predicted octanol–water partition coefficient (Wildman–Crippen LogP) is 4.11. The van der Waals surface area contributed by atoms with E-state index in [2.05, 4.69) is 22.6 Å². The van der Waals surface area contributed by atoms with Crippen molar-refractivity contribution in [1.29, 1.82) is 0 Å². The van der Waals surface area contributed by atoms with E-state index in [0.717, 1.165) is 5.56 Å². The van der Waals surface area contributed by atoms with Crippen LogP contribution in [0.2, 0.25) is 0 Å². The molecule has 20 heavy (non-hydrogen) atoms. The lowest BCUT2D eigenvalue weighted by Gasteiger charge is -2.09. The van der Waals surface area contributed by atoms with Crippen LogP contribution in [0.25, 0.3) is 0 Å². The van der Waals surface area contributed by atoms with Crippen molar-refractivity contribution in [2.75, 3.05) is 0 Å². The van der Waals surface area contributed by atoms with E-state index in [1.807, 2.05) is 24.3 Å². The van der Waals surface area contributed by atoms with Gasteiger partial charge in [0.1, 0.15) is 12.4 Å². The van der Waals surface area contributed by atoms with Crippen molar-refractivity contribution in [3.63, 3.8) is 0 Å². The van der Waals surface area contributed by atoms with Gasteiger partial charge in [0.15, 0.2) is 0 Å². The molecule has 0 heterocycles. The second-order valence-corrected chi connectivity index (χ2v) is 8.06. The fourth-order valence-electron chi connectivity index (χ4n) is 1.73. The molecule has 2 rings (SSSR count). The zero-order valence-electron chi connectivity index (χ0n) is 10.6. The highest BCUT2D eigenvalue weighted by Crippen LogP contribution is 2.24. The van der Waals surface area contributed by atoms with Crippen LogP contribution in [-0.4, -0.2) is 8.42 Å². The molecule has 0 unspecified atom stereocenters. The van der Waals surface area contributed by atoms with Gasteiger partial charge in [-0.3, -0.25) is 0 Å². The zero-order chi connectivity index (χ0) is 14.8. The molecule has 0 aliphatic rings. The first-order valence-corrected chi connectivity index (χ1v) is 9.17. The van der Waals surface area contributed by atoms with Gasteiger partial charge in [0.2, 0.25) is 0 Å². The molecule has 0 aliphatic heterocycles. The zero-order valence-corrected chi connectivity index (χ0v) is 14.4. The third-order valence-electron chi connectivity index (χ3n) is 2.73. The van der Waals surface area contributed by atoms with Gasteiger partial charge in [-0.1, -0.05) is 12.1 Å². The number of hydrogen-bond donors (Lipinski definition) is 0. The molecule has 0 spiro atoms. The van der Waals surface area contributed by atoms with Gasteiger partial charge >= 0.3 is 0 Å². The minimum atomic E-state index is -3.71. The summed E-state index contributed by atoms with van der Waals surface area (Å²) in [5, 5.41) is 0. The Kier molecular flexibility index (Phi) is 4.93. The molecule has 0 aliphatic carbocycles. The Hall–Kier alpha value is -0.790. The van der Waals surface area contributed by atoms with Crippen molar-refractivity contribution < 1.29 is 13.2 Å². The molecule has 106 valence electrons. The fraction of sp³-hybridized carbons (Fsp3) is 0.143. The van der Waals surface area contributed by atoms with Crippen molar-refractivity contribution >= 4 is 42.3 Å². The highest BCUT2D eigenvalue weighted by atomic mass is 127. The third-order valence-corrected chi connectivity index (χ3v) is 4.93. The highest BCUT2D eigenvalue weighted by Gasteiger charge is 2.13. The van der Waals surface area contributed by atoms with Gasteiger partial charge in [-0.2, -0.15) is 0 Å². The predicted molar refractivity (Wildman–Crippen MR) is 87.7 cm³/mol. The molecular weight excluding hydrogens is 411 g/mol. The van der Waals surface area contributed by atoms with Crippen LogP contribution in [0.5, 0.6) is 5.75 Å². The first-order chi connectivity index (χ1) is 9.36. The second kappa shape index (κ2) is 6.32. The lowest BCUT2D eigenvalue weighted by molar-refractivity contribution is 0.306. The molecule has 0 aromatic heterocycles. The van der Waals surface area contributed by atoms with Gasteiger partial charge < -0.3 is 4.74 Å². The Balaban J connectivity index is 2.11. The Morgan fingerprint density at radius 2 is 1.80 bits per heavy atom. The standard InChI is InChI=1S/C14H12ClIO3S/c1-10-8-13(6-7-14(10)20(15,17)18)19-9-11-2-4-12(16)5-3-11/h2-8H,9H2,1H3. The molecule has 0 N–H and O–H groups in total. The molecule has 0 saturated heterocycles. The summed E-state index contributed by atoms with van der Waals surface area (Å²) in [5.41, 5.74) is 1.62. The van der Waals surface area contributed by atoms with Crippen LogP contribution < -0.4 is 4.74 Å². The number of benzene rings is 2. The van der Waals surface area contributed by atoms with Crippen LogP contribution in [0.4, 0.5) is 0 Å². The van der Waals surface area contributed by atoms with Gasteiger partial charge in [0.25, 0.3) is 9.05 Å². The van der Waals surface area contributed by atoms with E-state index in [9.17, 15) is 8.42 Å². The van der Waals surface area contributed by atoms with Crippen molar-refractivity contribution in [3.8, 4) is 5.75 Å². The second-order valence-electron chi connectivity index (χ2n) is 4.28. The number of rotatable bonds is 4. The smallest absolute Gasteiger partial charge is 0.261 e. The monoisotopic (exact) mass is 422 g/mol. The Labute approximate surface area is 136 Å². The normalized spacial score (nSPS) is 11.3. The lowest BCUT2D eigenvalue weighted by atomic mass is 10.2. The minimum absolute atomic E-state index is 0.112. The summed E-state index contributed by atoms with van der Waals surface area (Å²) < 4.78 is 29.4. The van der Waals surface area contributed by atoms with E-state index in [4.69, 9.17) is 15.4 Å². The SMILES string of the molecule is Cc1cc(OCc2ccc(I)cc2)ccc1S(=O)(=O)Cl. The van der Waals surface area contributed by atoms with Gasteiger partial charge in [-0.25, -0.2) is 8.42 Å². The highest BCUT2D eigenvalue weighted by molar-refractivity contribution is 14.1. The summed E-state index contributed by atoms with van der Waals surface area (Å²) in [6.45, 7) is 2.12. The Morgan fingerprint density at radius 3 is 2.35 bits per heavy atom. The maximum absolute atomic E-state index is 11.3. The Morgan fingerprint density at radius 1 is 1.15 bits per heavy atom. The van der Waals surface area contributed by atoms with Crippen molar-refractivity contribution in [2.45, 2.75) is 18.4 Å². The molecule has 0 bridgehead atoms. The quantitative estimate of drug-likeness (QED) is 0.550. The first kappa shape index (κ1) is 15.6. The van der Waals surface area contributed by atoms with Gasteiger partial charge in [-0.15, -0.1) is 0 Å². The maximum Gasteiger partial charge on any atom is 0.261 e. The van der Waals surface area contributed by atoms with E-state index in [-0.39, 0.29) is 4.90 Å². The number of halogens is 2. The van der Waals surface area contributed by atoms with E-state index < -0.39 is 9.05 Å². The van der Waals surface area contributed by atoms with Crippen LogP contribution in [0.15, 0.2) is 47.4 Å². The summed E-state index contributed by atoms with van der Waals surface area (Å²) >= 11 is 2.24. The molecule has 0 saturated carbocycles. The molecule has 0 fully saturated rings. The summed E-state index contributed by atoms with van der Waals surface area (Å²) in [6, 6.07) is 12.7. The molecule has 2 aromatic carbocycles. The Bertz CT molecular complexity index is 712. The lowest BCUT2D eigenvalue weighted by Crippen LogP contribution is -1.98. The van der Waals surface area contributed by atoms with Crippen LogP contribution >= 0.6 is 33.3 Å². The molecule has 2 aromatic rings. The van der Waals surface area contributed by atoms with Crippen molar-refractivity contribution in [2.24, 2.45) is 0 Å². The fourth-order valence-corrected chi connectivity index (χ4v) is 3.29. The van der Waals surface area contributed by atoms with Gasteiger partial charge in [0.05, 0.1) is 4.90 Å². The van der Waals surface area contributed by atoms with Crippen LogP contribution in [0.1, 0.15) is 11.1 Å². The van der Waals surface area contributed by atoms with E-state index >= 15 is 0 Å². The number of aryl methyl sites for hydroxylation is 1. The van der Waals surface area contributed by atoms with E-state index in [1.54, 1.807) is 19.1 Å². The molecular formula is C14H12ClIO3S. The van der Waals surface area contributed by atoms with Gasteiger partial charge in [0, 0.05) is 14.3 Å². The average Bonchev–Trinajstić information content (AvgIpc) is 2.36. The average molecular weight is 423 g/mol. The van der Waals surface area contributed by atoms with Gasteiger partial charge in [-0.05, 0) is 71.0 Å². The molecule has 0 amide bonds. The summed E-state index contributed by atoms with van der Waals surface area (Å²) in [5.74, 6) is 0.616. The maximum atomic E-state index is 11.3.